The number of rotatable bonds is 3. The van der Waals surface area contributed by atoms with E-state index in [1.165, 1.54) is 6.07 Å². The summed E-state index contributed by atoms with van der Waals surface area (Å²) in [5, 5.41) is 31.9. The van der Waals surface area contributed by atoms with Gasteiger partial charge in [0.05, 0.1) is 24.9 Å². The maximum Gasteiger partial charge on any atom is 0.244 e. The lowest BCUT2D eigenvalue weighted by Crippen LogP contribution is -2.46. The first-order chi connectivity index (χ1) is 18.2. The topological polar surface area (TPSA) is 132 Å². The minimum atomic E-state index is -3.99. The summed E-state index contributed by atoms with van der Waals surface area (Å²) < 4.78 is 35.4. The van der Waals surface area contributed by atoms with Crippen LogP contribution in [0.2, 0.25) is 0 Å². The Hall–Kier alpha value is -2.86. The first-order valence-electron chi connectivity index (χ1n) is 12.7. The molecule has 10 heteroatoms. The Bertz CT molecular complexity index is 1330. The van der Waals surface area contributed by atoms with Crippen molar-refractivity contribution in [2.24, 2.45) is 5.41 Å². The summed E-state index contributed by atoms with van der Waals surface area (Å²) in [6.45, 7) is 1.02. The van der Waals surface area contributed by atoms with Gasteiger partial charge in [0, 0.05) is 44.0 Å². The SMILES string of the molecule is O=S1(=O)NC[C@H](O)CN(Cc2ccncc2)CC2(COc3cc(-c4ccccc4)ccc31)C[C@@H](O)[C@@H](O)C2. The molecule has 4 atom stereocenters. The van der Waals surface area contributed by atoms with Gasteiger partial charge in [-0.15, -0.1) is 0 Å². The largest absolute Gasteiger partial charge is 0.492 e. The summed E-state index contributed by atoms with van der Waals surface area (Å²) in [5.41, 5.74) is 2.03. The number of benzene rings is 2. The number of hydrogen-bond acceptors (Lipinski definition) is 8. The fourth-order valence-electron chi connectivity index (χ4n) is 5.47. The molecule has 1 saturated carbocycles. The number of ether oxygens (including phenoxy) is 1. The number of fused-ring (bicyclic) bond motifs is 1. The molecule has 1 aromatic heterocycles. The van der Waals surface area contributed by atoms with E-state index in [0.717, 1.165) is 16.7 Å². The standard InChI is InChI=1S/C28H33N3O6S/c32-23-15-30-38(35,36)27-7-6-22(21-4-2-1-3-5-21)12-26(27)37-19-28(13-24(33)25(34)14-28)18-31(17-23)16-20-8-10-29-11-9-20/h1-12,23-25,30,32-34H,13-19H2/t23-,24-,25+,28?/m0/s1. The van der Waals surface area contributed by atoms with E-state index in [0.29, 0.717) is 13.1 Å². The van der Waals surface area contributed by atoms with E-state index in [-0.39, 0.29) is 43.2 Å². The summed E-state index contributed by atoms with van der Waals surface area (Å²) in [5.74, 6) is 0.185. The summed E-state index contributed by atoms with van der Waals surface area (Å²) in [6, 6.07) is 18.3. The quantitative estimate of drug-likeness (QED) is 0.396. The van der Waals surface area contributed by atoms with Crippen molar-refractivity contribution in [3.05, 3.63) is 78.6 Å². The van der Waals surface area contributed by atoms with Crippen LogP contribution in [0.4, 0.5) is 0 Å². The van der Waals surface area contributed by atoms with E-state index in [1.54, 1.807) is 24.5 Å². The highest BCUT2D eigenvalue weighted by molar-refractivity contribution is 7.89. The van der Waals surface area contributed by atoms with Gasteiger partial charge in [-0.1, -0.05) is 36.4 Å². The molecule has 1 spiro atoms. The predicted molar refractivity (Wildman–Crippen MR) is 142 cm³/mol. The summed E-state index contributed by atoms with van der Waals surface area (Å²) in [6.07, 6.45) is 1.15. The van der Waals surface area contributed by atoms with Crippen LogP contribution in [0.25, 0.3) is 11.1 Å². The molecule has 1 unspecified atom stereocenters. The number of sulfonamides is 1. The lowest BCUT2D eigenvalue weighted by molar-refractivity contribution is 0.0427. The number of nitrogens with one attached hydrogen (secondary N) is 1. The van der Waals surface area contributed by atoms with Crippen molar-refractivity contribution < 1.29 is 28.5 Å². The van der Waals surface area contributed by atoms with Gasteiger partial charge in [-0.3, -0.25) is 9.88 Å². The van der Waals surface area contributed by atoms with Crippen molar-refractivity contribution in [2.75, 3.05) is 26.2 Å². The third-order valence-corrected chi connectivity index (χ3v) is 8.76. The molecule has 1 fully saturated rings. The van der Waals surface area contributed by atoms with Crippen LogP contribution in [-0.2, 0) is 16.6 Å². The highest BCUT2D eigenvalue weighted by Crippen LogP contribution is 2.41. The second kappa shape index (κ2) is 11.1. The van der Waals surface area contributed by atoms with Crippen molar-refractivity contribution in [3.63, 3.8) is 0 Å². The van der Waals surface area contributed by atoms with Crippen LogP contribution < -0.4 is 9.46 Å². The van der Waals surface area contributed by atoms with Crippen molar-refractivity contribution in [2.45, 2.75) is 42.6 Å². The third-order valence-electron chi connectivity index (χ3n) is 7.30. The molecule has 4 N–H and O–H groups in total. The van der Waals surface area contributed by atoms with Gasteiger partial charge in [-0.25, -0.2) is 13.1 Å². The normalized spacial score (nSPS) is 28.1. The lowest BCUT2D eigenvalue weighted by Gasteiger charge is -2.37. The first kappa shape index (κ1) is 26.7. The molecule has 0 amide bonds. The average Bonchev–Trinajstić information content (AvgIpc) is 3.19. The van der Waals surface area contributed by atoms with E-state index in [9.17, 15) is 23.7 Å². The van der Waals surface area contributed by atoms with Gasteiger partial charge in [0.2, 0.25) is 10.0 Å². The Morgan fingerprint density at radius 3 is 2.39 bits per heavy atom. The van der Waals surface area contributed by atoms with Crippen LogP contribution in [-0.4, -0.2) is 78.2 Å². The highest BCUT2D eigenvalue weighted by Gasteiger charge is 2.46. The summed E-state index contributed by atoms with van der Waals surface area (Å²) in [4.78, 5) is 6.06. The van der Waals surface area contributed by atoms with E-state index in [2.05, 4.69) is 9.71 Å². The van der Waals surface area contributed by atoms with Crippen LogP contribution in [0, 0.1) is 5.41 Å². The van der Waals surface area contributed by atoms with Crippen molar-refractivity contribution >= 4 is 10.0 Å². The fraction of sp³-hybridized carbons (Fsp3) is 0.393. The number of aliphatic hydroxyl groups is 3. The Labute approximate surface area is 222 Å². The van der Waals surface area contributed by atoms with Crippen molar-refractivity contribution in [1.29, 1.82) is 0 Å². The monoisotopic (exact) mass is 539 g/mol. The molecule has 9 nitrogen and oxygen atoms in total. The van der Waals surface area contributed by atoms with Gasteiger partial charge in [0.25, 0.3) is 0 Å². The van der Waals surface area contributed by atoms with Crippen LogP contribution in [0.5, 0.6) is 5.75 Å². The molecule has 38 heavy (non-hydrogen) atoms. The Morgan fingerprint density at radius 2 is 1.68 bits per heavy atom. The Balaban J connectivity index is 1.53. The third kappa shape index (κ3) is 6.06. The molecular formula is C28H33N3O6S. The molecule has 1 aliphatic carbocycles. The molecule has 2 aromatic carbocycles. The Morgan fingerprint density at radius 1 is 0.974 bits per heavy atom. The zero-order valence-electron chi connectivity index (χ0n) is 21.0. The fourth-order valence-corrected chi connectivity index (χ4v) is 6.67. The lowest BCUT2D eigenvalue weighted by atomic mass is 9.85. The minimum Gasteiger partial charge on any atom is -0.492 e. The number of aliphatic hydroxyl groups excluding tert-OH is 3. The molecule has 2 aliphatic rings. The molecule has 1 aliphatic heterocycles. The summed E-state index contributed by atoms with van der Waals surface area (Å²) >= 11 is 0. The van der Waals surface area contributed by atoms with Crippen LogP contribution in [0.15, 0.2) is 78.0 Å². The van der Waals surface area contributed by atoms with Gasteiger partial charge in [-0.05, 0) is 53.8 Å². The van der Waals surface area contributed by atoms with Crippen molar-refractivity contribution in [1.82, 2.24) is 14.6 Å². The minimum absolute atomic E-state index is 0.0205. The molecule has 0 bridgehead atoms. The predicted octanol–water partition coefficient (Wildman–Crippen LogP) is 1.78. The molecule has 0 saturated heterocycles. The highest BCUT2D eigenvalue weighted by atomic mass is 32.2. The van der Waals surface area contributed by atoms with Gasteiger partial charge in [0.15, 0.2) is 0 Å². The van der Waals surface area contributed by atoms with Gasteiger partial charge >= 0.3 is 0 Å². The van der Waals surface area contributed by atoms with E-state index in [1.807, 2.05) is 47.4 Å². The average molecular weight is 540 g/mol. The number of hydrogen-bond donors (Lipinski definition) is 4. The molecule has 0 radical (unpaired) electrons. The molecule has 2 heterocycles. The number of β-amino-alcohol motifs (C(OH)–C–C–N with tert-alkyl or cyclic N) is 1. The molecule has 5 rings (SSSR count). The zero-order valence-corrected chi connectivity index (χ0v) is 21.8. The molecule has 3 aromatic rings. The van der Waals surface area contributed by atoms with Gasteiger partial charge in [0.1, 0.15) is 10.6 Å². The maximum absolute atomic E-state index is 13.3. The van der Waals surface area contributed by atoms with E-state index >= 15 is 0 Å². The van der Waals surface area contributed by atoms with Gasteiger partial charge in [-0.2, -0.15) is 0 Å². The first-order valence-corrected chi connectivity index (χ1v) is 14.2. The van der Waals surface area contributed by atoms with E-state index < -0.39 is 33.8 Å². The number of nitrogens with zero attached hydrogens (tertiary/aromatic N) is 2. The molecular weight excluding hydrogens is 506 g/mol. The maximum atomic E-state index is 13.3. The van der Waals surface area contributed by atoms with Crippen LogP contribution in [0.3, 0.4) is 0 Å². The zero-order chi connectivity index (χ0) is 26.8. The second-order valence-electron chi connectivity index (χ2n) is 10.4. The molecule has 202 valence electrons. The van der Waals surface area contributed by atoms with Gasteiger partial charge < -0.3 is 20.1 Å². The second-order valence-corrected chi connectivity index (χ2v) is 12.1. The summed E-state index contributed by atoms with van der Waals surface area (Å²) in [7, 11) is -3.99. The van der Waals surface area contributed by atoms with Crippen LogP contribution >= 0.6 is 0 Å². The van der Waals surface area contributed by atoms with Crippen LogP contribution in [0.1, 0.15) is 18.4 Å². The number of pyridine rings is 1. The van der Waals surface area contributed by atoms with E-state index in [4.69, 9.17) is 4.74 Å². The smallest absolute Gasteiger partial charge is 0.244 e. The number of aromatic nitrogens is 1. The van der Waals surface area contributed by atoms with Crippen molar-refractivity contribution in [3.8, 4) is 16.9 Å². The Kier molecular flexibility index (Phi) is 7.80.